The van der Waals surface area contributed by atoms with E-state index in [2.05, 4.69) is 5.32 Å². The van der Waals surface area contributed by atoms with E-state index in [-0.39, 0.29) is 35.1 Å². The highest BCUT2D eigenvalue weighted by Crippen LogP contribution is 2.40. The van der Waals surface area contributed by atoms with Gasteiger partial charge in [-0.1, -0.05) is 0 Å². The Labute approximate surface area is 194 Å². The topological polar surface area (TPSA) is 82.9 Å². The Morgan fingerprint density at radius 1 is 1.00 bits per heavy atom. The van der Waals surface area contributed by atoms with Gasteiger partial charge in [0.05, 0.1) is 12.8 Å². The molecule has 0 aliphatic carbocycles. The number of benzene rings is 1. The molecule has 180 valence electrons. The molecule has 2 aliphatic heterocycles. The molecule has 3 amide bonds. The molecule has 34 heavy (non-hydrogen) atoms. The first-order valence-electron chi connectivity index (χ1n) is 11.0. The van der Waals surface area contributed by atoms with Crippen molar-refractivity contribution in [1.82, 2.24) is 15.1 Å². The molecule has 7 nitrogen and oxygen atoms in total. The number of likely N-dealkylation sites (tertiary alicyclic amines) is 2. The first-order chi connectivity index (χ1) is 16.3. The fourth-order valence-electron chi connectivity index (χ4n) is 4.46. The minimum Gasteiger partial charge on any atom is -0.459 e. The second-order valence-electron chi connectivity index (χ2n) is 8.65. The molecular formula is C24H24F3N3O4. The summed E-state index contributed by atoms with van der Waals surface area (Å²) < 4.78 is 45.2. The van der Waals surface area contributed by atoms with Gasteiger partial charge in [-0.15, -0.1) is 0 Å². The van der Waals surface area contributed by atoms with Gasteiger partial charge in [0.2, 0.25) is 11.8 Å². The van der Waals surface area contributed by atoms with Crippen LogP contribution in [0.15, 0.2) is 41.0 Å². The fraction of sp³-hybridized carbons (Fsp3) is 0.375. The predicted octanol–water partition coefficient (Wildman–Crippen LogP) is 2.98. The third-order valence-corrected chi connectivity index (χ3v) is 6.54. The molecule has 10 heteroatoms. The molecule has 0 atom stereocenters. The second-order valence-corrected chi connectivity index (χ2v) is 8.65. The van der Waals surface area contributed by atoms with Gasteiger partial charge in [-0.05, 0) is 55.0 Å². The molecule has 0 radical (unpaired) electrons. The van der Waals surface area contributed by atoms with E-state index in [1.54, 1.807) is 15.9 Å². The van der Waals surface area contributed by atoms with E-state index in [0.717, 1.165) is 43.5 Å². The van der Waals surface area contributed by atoms with Crippen LogP contribution >= 0.6 is 0 Å². The van der Waals surface area contributed by atoms with Crippen LogP contribution in [0, 0.1) is 22.9 Å². The molecule has 2 saturated heterocycles. The Morgan fingerprint density at radius 2 is 1.71 bits per heavy atom. The molecule has 0 unspecified atom stereocenters. The molecule has 1 aromatic carbocycles. The van der Waals surface area contributed by atoms with E-state index in [1.807, 2.05) is 0 Å². The summed E-state index contributed by atoms with van der Waals surface area (Å²) in [4.78, 5) is 40.3. The Hall–Kier alpha value is -3.56. The van der Waals surface area contributed by atoms with Crippen LogP contribution in [0.2, 0.25) is 0 Å². The third kappa shape index (κ3) is 5.00. The van der Waals surface area contributed by atoms with E-state index in [1.165, 1.54) is 12.3 Å². The Bertz CT molecular complexity index is 1110. The molecule has 2 aliphatic rings. The summed E-state index contributed by atoms with van der Waals surface area (Å²) in [6.45, 7) is 1.95. The van der Waals surface area contributed by atoms with Crippen LogP contribution in [0.25, 0.3) is 6.08 Å². The number of hydrogen-bond acceptors (Lipinski definition) is 4. The number of halogens is 3. The van der Waals surface area contributed by atoms with Gasteiger partial charge in [-0.25, -0.2) is 13.2 Å². The summed E-state index contributed by atoms with van der Waals surface area (Å²) in [5, 5.41) is 2.55. The zero-order valence-corrected chi connectivity index (χ0v) is 18.4. The monoisotopic (exact) mass is 475 g/mol. The average Bonchev–Trinajstić information content (AvgIpc) is 3.52. The summed E-state index contributed by atoms with van der Waals surface area (Å²) in [7, 11) is 0. The lowest BCUT2D eigenvalue weighted by Crippen LogP contribution is -2.47. The van der Waals surface area contributed by atoms with Gasteiger partial charge < -0.3 is 19.5 Å². The Morgan fingerprint density at radius 3 is 2.38 bits per heavy atom. The number of amides is 3. The lowest BCUT2D eigenvalue weighted by Gasteiger charge is -2.39. The minimum atomic E-state index is -1.57. The fourth-order valence-corrected chi connectivity index (χ4v) is 4.46. The lowest BCUT2D eigenvalue weighted by atomic mass is 9.78. The molecule has 3 heterocycles. The number of furan rings is 1. The lowest BCUT2D eigenvalue weighted by molar-refractivity contribution is -0.133. The standard InChI is InChI=1S/C24H24F3N3O4/c25-17-5-3-16(21(26)22(17)27)4-6-19(31)30-12-9-24(15-30)7-10-29(11-8-24)20(32)14-28-23(33)18-2-1-13-34-18/h1-6,13H,7-12,14-15H2,(H,28,33)/b6-4+. The largest absolute Gasteiger partial charge is 0.459 e. The number of carbonyl (C=O) groups is 3. The van der Waals surface area contributed by atoms with Crippen LogP contribution < -0.4 is 5.32 Å². The first-order valence-corrected chi connectivity index (χ1v) is 11.0. The maximum atomic E-state index is 13.8. The number of carbonyl (C=O) groups excluding carboxylic acids is 3. The number of nitrogens with one attached hydrogen (secondary N) is 1. The van der Waals surface area contributed by atoms with E-state index in [4.69, 9.17) is 4.42 Å². The van der Waals surface area contributed by atoms with Crippen molar-refractivity contribution in [2.45, 2.75) is 19.3 Å². The number of rotatable bonds is 5. The highest BCUT2D eigenvalue weighted by Gasteiger charge is 2.42. The average molecular weight is 475 g/mol. The molecule has 1 N–H and O–H groups in total. The van der Waals surface area contributed by atoms with Crippen molar-refractivity contribution in [3.8, 4) is 0 Å². The van der Waals surface area contributed by atoms with Crippen LogP contribution in [0.5, 0.6) is 0 Å². The zero-order chi connectivity index (χ0) is 24.3. The van der Waals surface area contributed by atoms with Crippen molar-refractivity contribution >= 4 is 23.8 Å². The van der Waals surface area contributed by atoms with E-state index >= 15 is 0 Å². The van der Waals surface area contributed by atoms with Crippen LogP contribution in [0.4, 0.5) is 13.2 Å². The molecule has 4 rings (SSSR count). The first kappa shape index (κ1) is 23.6. The summed E-state index contributed by atoms with van der Waals surface area (Å²) >= 11 is 0. The number of piperidine rings is 1. The number of nitrogens with zero attached hydrogens (tertiary/aromatic N) is 2. The SMILES string of the molecule is O=C(NCC(=O)N1CCC2(CCN(C(=O)/C=C/c3ccc(F)c(F)c3F)C2)CC1)c1ccco1. The Balaban J connectivity index is 1.26. The molecule has 2 fully saturated rings. The molecule has 0 bridgehead atoms. The van der Waals surface area contributed by atoms with Gasteiger partial charge in [0.1, 0.15) is 0 Å². The van der Waals surface area contributed by atoms with Crippen LogP contribution in [0.3, 0.4) is 0 Å². The van der Waals surface area contributed by atoms with Crippen molar-refractivity contribution in [2.75, 3.05) is 32.7 Å². The highest BCUT2D eigenvalue weighted by molar-refractivity contribution is 5.94. The van der Waals surface area contributed by atoms with Gasteiger partial charge in [-0.3, -0.25) is 14.4 Å². The van der Waals surface area contributed by atoms with E-state index in [9.17, 15) is 27.6 Å². The summed E-state index contributed by atoms with van der Waals surface area (Å²) in [6.07, 6.45) is 5.90. The smallest absolute Gasteiger partial charge is 0.287 e. The van der Waals surface area contributed by atoms with Crippen LogP contribution in [-0.2, 0) is 9.59 Å². The maximum Gasteiger partial charge on any atom is 0.287 e. The minimum absolute atomic E-state index is 0.106. The van der Waals surface area contributed by atoms with Gasteiger partial charge >= 0.3 is 0 Å². The summed E-state index contributed by atoms with van der Waals surface area (Å²) in [5.41, 5.74) is -0.308. The van der Waals surface area contributed by atoms with Crippen molar-refractivity contribution in [2.24, 2.45) is 5.41 Å². The van der Waals surface area contributed by atoms with Gasteiger partial charge in [0, 0.05) is 37.8 Å². The highest BCUT2D eigenvalue weighted by atomic mass is 19.2. The Kier molecular flexibility index (Phi) is 6.76. The van der Waals surface area contributed by atoms with Crippen molar-refractivity contribution in [3.05, 3.63) is 65.4 Å². The predicted molar refractivity (Wildman–Crippen MR) is 116 cm³/mol. The van der Waals surface area contributed by atoms with Crippen molar-refractivity contribution < 1.29 is 32.0 Å². The summed E-state index contributed by atoms with van der Waals surface area (Å²) in [6, 6.07) is 4.99. The van der Waals surface area contributed by atoms with Gasteiger partial charge in [0.15, 0.2) is 23.2 Å². The van der Waals surface area contributed by atoms with Crippen LogP contribution in [-0.4, -0.2) is 60.2 Å². The maximum absolute atomic E-state index is 13.8. The van der Waals surface area contributed by atoms with Gasteiger partial charge in [-0.2, -0.15) is 0 Å². The third-order valence-electron chi connectivity index (χ3n) is 6.54. The molecule has 0 saturated carbocycles. The molecule has 1 spiro atoms. The second kappa shape index (κ2) is 9.74. The van der Waals surface area contributed by atoms with Crippen molar-refractivity contribution in [1.29, 1.82) is 0 Å². The number of hydrogen-bond donors (Lipinski definition) is 1. The normalized spacial score (nSPS) is 17.5. The summed E-state index contributed by atoms with van der Waals surface area (Å²) in [5.74, 6) is -5.02. The zero-order valence-electron chi connectivity index (χ0n) is 18.4. The quantitative estimate of drug-likeness (QED) is 0.533. The molecular weight excluding hydrogens is 451 g/mol. The van der Waals surface area contributed by atoms with E-state index in [0.29, 0.717) is 26.2 Å². The van der Waals surface area contributed by atoms with Crippen LogP contribution in [0.1, 0.15) is 35.4 Å². The van der Waals surface area contributed by atoms with Crippen molar-refractivity contribution in [3.63, 3.8) is 0 Å². The van der Waals surface area contributed by atoms with E-state index < -0.39 is 23.4 Å². The molecule has 1 aromatic heterocycles. The molecule has 2 aromatic rings. The van der Waals surface area contributed by atoms with Gasteiger partial charge in [0.25, 0.3) is 5.91 Å².